The second-order valence-corrected chi connectivity index (χ2v) is 9.27. The van der Waals surface area contributed by atoms with Crippen molar-refractivity contribution < 1.29 is 30.9 Å². The van der Waals surface area contributed by atoms with Gasteiger partial charge in [0.15, 0.2) is 0 Å². The average molecular weight is 648 g/mol. The van der Waals surface area contributed by atoms with Gasteiger partial charge < -0.3 is 17.4 Å². The van der Waals surface area contributed by atoms with Crippen LogP contribution < -0.4 is 4.74 Å². The van der Waals surface area contributed by atoms with E-state index in [1.807, 2.05) is 47.1 Å². The molecule has 212 valence electrons. The number of allylic oxidation sites excluding steroid dienone is 4. The third kappa shape index (κ3) is 23.7. The predicted octanol–water partition coefficient (Wildman–Crippen LogP) is 10.2. The summed E-state index contributed by atoms with van der Waals surface area (Å²) in [4.78, 5) is 0. The number of hydrogen-bond acceptors (Lipinski definition) is 1. The quantitative estimate of drug-likeness (QED) is 0.237. The standard InChI is InChI=1S/C12H24N.C9H11O.C9H13.CH5Si.2ClH.Zr/c13-12-10-8-6-4-2-1-3-5-7-9-11-12;1-2-8-10-9-6-4-3-5-7-9;1-6-5-7(2)9(4)8(6)3;1-2;;;/h12-13H,1-11H2;3-7H,1-2,8H2;6H,1-4H3;2H2,1H3;2*1H;/q3*-1;;;;+3. The molecule has 1 atom stereocenters. The van der Waals surface area contributed by atoms with E-state index in [2.05, 4.69) is 40.7 Å². The summed E-state index contributed by atoms with van der Waals surface area (Å²) in [5.74, 6) is 1.48. The molecule has 0 heterocycles. The van der Waals surface area contributed by atoms with Crippen LogP contribution in [0.4, 0.5) is 0 Å². The molecular formula is C31H55Cl2NOSiZr. The number of rotatable bonds is 3. The number of halogens is 2. The molecule has 6 heteroatoms. The summed E-state index contributed by atoms with van der Waals surface area (Å²) in [7, 11) is 1.86. The molecule has 1 aromatic rings. The van der Waals surface area contributed by atoms with Gasteiger partial charge in [-0.3, -0.25) is 6.08 Å². The summed E-state index contributed by atoms with van der Waals surface area (Å²) < 4.78 is 5.29. The number of ether oxygens (including phenoxy) is 1. The molecule has 3 rings (SSSR count). The minimum absolute atomic E-state index is 0. The van der Waals surface area contributed by atoms with E-state index >= 15 is 0 Å². The van der Waals surface area contributed by atoms with Gasteiger partial charge in [-0.15, -0.1) is 44.2 Å². The molecule has 0 amide bonds. The van der Waals surface area contributed by atoms with Gasteiger partial charge in [0.25, 0.3) is 0 Å². The summed E-state index contributed by atoms with van der Waals surface area (Å²) >= 11 is 0. The first-order valence-corrected chi connectivity index (χ1v) is 15.0. The van der Waals surface area contributed by atoms with E-state index in [1.54, 1.807) is 0 Å². The number of hydrogen-bond donors (Lipinski definition) is 0. The van der Waals surface area contributed by atoms with Crippen molar-refractivity contribution in [1.82, 2.24) is 0 Å². The molecule has 1 N–H and O–H groups in total. The van der Waals surface area contributed by atoms with Gasteiger partial charge in [0, 0.05) is 10.2 Å². The Kier molecular flexibility index (Phi) is 36.6. The van der Waals surface area contributed by atoms with Gasteiger partial charge in [-0.1, -0.05) is 122 Å². The zero-order chi connectivity index (χ0) is 25.6. The fourth-order valence-electron chi connectivity index (χ4n) is 4.03. The van der Waals surface area contributed by atoms with Crippen molar-refractivity contribution in [2.24, 2.45) is 5.92 Å². The fourth-order valence-corrected chi connectivity index (χ4v) is 4.03. The van der Waals surface area contributed by atoms with Gasteiger partial charge in [-0.05, 0) is 12.1 Å². The molecule has 1 aromatic carbocycles. The Bertz CT molecular complexity index is 658. The third-order valence-electron chi connectivity index (χ3n) is 6.50. The topological polar surface area (TPSA) is 33.0 Å². The summed E-state index contributed by atoms with van der Waals surface area (Å²) in [5.41, 5.74) is 12.0. The number of benzene rings is 1. The minimum Gasteiger partial charge on any atom is -0.675 e. The van der Waals surface area contributed by atoms with Crippen molar-refractivity contribution in [3.63, 3.8) is 0 Å². The predicted molar refractivity (Wildman–Crippen MR) is 170 cm³/mol. The molecule has 1 unspecified atom stereocenters. The van der Waals surface area contributed by atoms with Gasteiger partial charge in [0.2, 0.25) is 0 Å². The SMILES string of the molecule is CC1=[C-]C(C)C(C)=C1C.C[SiH2].Cl.Cl.[CH2-]CCOc1ccccc1.[NH-]C1CCCCCCCCCCC1.[Zr+3]. The van der Waals surface area contributed by atoms with Gasteiger partial charge in [0.05, 0.1) is 6.61 Å². The summed E-state index contributed by atoms with van der Waals surface area (Å²) in [5, 5.41) is 0. The van der Waals surface area contributed by atoms with E-state index < -0.39 is 0 Å². The van der Waals surface area contributed by atoms with Crippen molar-refractivity contribution >= 4 is 35.1 Å². The molecule has 0 saturated heterocycles. The molecule has 0 spiro atoms. The summed E-state index contributed by atoms with van der Waals surface area (Å²) in [6.07, 6.45) is 19.0. The maximum atomic E-state index is 7.80. The van der Waals surface area contributed by atoms with Crippen LogP contribution in [0.1, 0.15) is 105 Å². The molecular weight excluding hydrogens is 593 g/mol. The van der Waals surface area contributed by atoms with Crippen LogP contribution in [0.25, 0.3) is 5.73 Å². The Morgan fingerprint density at radius 1 is 0.865 bits per heavy atom. The molecule has 0 aromatic heterocycles. The van der Waals surface area contributed by atoms with Crippen molar-refractivity contribution in [2.45, 2.75) is 117 Å². The van der Waals surface area contributed by atoms with Crippen LogP contribution in [0.15, 0.2) is 47.1 Å². The van der Waals surface area contributed by atoms with Crippen molar-refractivity contribution in [1.29, 1.82) is 0 Å². The largest absolute Gasteiger partial charge is 3.00 e. The van der Waals surface area contributed by atoms with E-state index in [0.717, 1.165) is 25.0 Å². The van der Waals surface area contributed by atoms with E-state index in [9.17, 15) is 0 Å². The van der Waals surface area contributed by atoms with Crippen molar-refractivity contribution in [3.8, 4) is 5.75 Å². The average Bonchev–Trinajstić information content (AvgIpc) is 3.08. The second kappa shape index (κ2) is 30.7. The molecule has 2 aliphatic carbocycles. The van der Waals surface area contributed by atoms with Crippen LogP contribution in [0.3, 0.4) is 0 Å². The van der Waals surface area contributed by atoms with Crippen LogP contribution in [0.2, 0.25) is 6.55 Å². The zero-order valence-electron chi connectivity index (χ0n) is 24.4. The molecule has 2 aliphatic rings. The van der Waals surface area contributed by atoms with Gasteiger partial charge in [0.1, 0.15) is 5.75 Å². The summed E-state index contributed by atoms with van der Waals surface area (Å²) in [6.45, 7) is 15.1. The molecule has 2 radical (unpaired) electrons. The Morgan fingerprint density at radius 2 is 1.30 bits per heavy atom. The van der Waals surface area contributed by atoms with E-state index in [0.29, 0.717) is 12.5 Å². The maximum Gasteiger partial charge on any atom is 3.00 e. The third-order valence-corrected chi connectivity index (χ3v) is 6.50. The molecule has 37 heavy (non-hydrogen) atoms. The Morgan fingerprint density at radius 3 is 1.62 bits per heavy atom. The van der Waals surface area contributed by atoms with Crippen LogP contribution in [-0.4, -0.2) is 22.9 Å². The minimum atomic E-state index is 0. The van der Waals surface area contributed by atoms with Gasteiger partial charge in [-0.2, -0.15) is 11.1 Å². The molecule has 2 nitrogen and oxygen atoms in total. The molecule has 0 bridgehead atoms. The van der Waals surface area contributed by atoms with E-state index in [4.69, 9.17) is 10.5 Å². The van der Waals surface area contributed by atoms with Gasteiger partial charge >= 0.3 is 26.2 Å². The van der Waals surface area contributed by atoms with Crippen LogP contribution >= 0.6 is 24.8 Å². The second-order valence-electron chi connectivity index (χ2n) is 9.27. The smallest absolute Gasteiger partial charge is 0.675 e. The first-order valence-electron chi connectivity index (χ1n) is 13.6. The fraction of sp³-hybridized carbons (Fsp3) is 0.645. The zero-order valence-corrected chi connectivity index (χ0v) is 29.9. The Balaban J connectivity index is -0.000000208. The van der Waals surface area contributed by atoms with E-state index in [-0.39, 0.29) is 57.1 Å². The summed E-state index contributed by atoms with van der Waals surface area (Å²) in [6, 6.07) is 10.0. The van der Waals surface area contributed by atoms with Crippen LogP contribution in [0, 0.1) is 18.9 Å². The molecule has 0 aliphatic heterocycles. The maximum absolute atomic E-state index is 7.80. The number of nitrogens with one attached hydrogen (secondary N) is 1. The van der Waals surface area contributed by atoms with Crippen LogP contribution in [0.5, 0.6) is 5.75 Å². The van der Waals surface area contributed by atoms with E-state index in [1.165, 1.54) is 74.5 Å². The first kappa shape index (κ1) is 44.2. The van der Waals surface area contributed by atoms with Gasteiger partial charge in [-0.25, -0.2) is 5.57 Å². The van der Waals surface area contributed by atoms with Crippen molar-refractivity contribution in [2.75, 3.05) is 6.61 Å². The first-order chi connectivity index (χ1) is 16.5. The Hall–Kier alpha value is 0.140. The number of para-hydroxylation sites is 1. The normalized spacial score (nSPS) is 17.9. The monoisotopic (exact) mass is 645 g/mol. The van der Waals surface area contributed by atoms with Crippen molar-refractivity contribution in [3.05, 3.63) is 65.8 Å². The van der Waals surface area contributed by atoms with Crippen LogP contribution in [-0.2, 0) is 26.2 Å². The Labute approximate surface area is 265 Å². The molecule has 1 saturated carbocycles. The molecule has 1 fully saturated rings.